The number of likely N-dealkylation sites (tertiary alicyclic amines) is 1. The molecule has 0 radical (unpaired) electrons. The quantitative estimate of drug-likeness (QED) is 0.861. The van der Waals surface area contributed by atoms with Gasteiger partial charge in [0.25, 0.3) is 5.91 Å². The van der Waals surface area contributed by atoms with E-state index >= 15 is 0 Å². The molecule has 4 unspecified atom stereocenters. The van der Waals surface area contributed by atoms with Crippen LogP contribution in [0.2, 0.25) is 0 Å². The van der Waals surface area contributed by atoms with Crippen molar-refractivity contribution in [3.63, 3.8) is 0 Å². The molecule has 146 valence electrons. The highest BCUT2D eigenvalue weighted by Crippen LogP contribution is 2.43. The number of amides is 1. The van der Waals surface area contributed by atoms with E-state index in [9.17, 15) is 9.59 Å². The highest BCUT2D eigenvalue weighted by atomic mass is 16.4. The molecule has 1 amide bonds. The molecular formula is C21H29N3O3. The number of carboxylic acid groups (broad SMARTS) is 1. The topological polar surface area (TPSA) is 73.7 Å². The maximum Gasteiger partial charge on any atom is 0.303 e. The Hall–Kier alpha value is -1.95. The van der Waals surface area contributed by atoms with Crippen LogP contribution in [0.4, 0.5) is 0 Å². The zero-order valence-corrected chi connectivity index (χ0v) is 15.8. The van der Waals surface area contributed by atoms with Gasteiger partial charge in [-0.05, 0) is 75.6 Å². The average Bonchev–Trinajstić information content (AvgIpc) is 2.69. The Morgan fingerprint density at radius 1 is 1.22 bits per heavy atom. The predicted octanol–water partition coefficient (Wildman–Crippen LogP) is 2.65. The predicted molar refractivity (Wildman–Crippen MR) is 101 cm³/mol. The molecule has 3 aliphatic rings. The SMILES string of the molecule is O=C(O)CCCC1C2CCCN3CCCC(CN1C(=O)c1cccnc1)C23. The lowest BCUT2D eigenvalue weighted by Crippen LogP contribution is -2.65. The fraction of sp³-hybridized carbons (Fsp3) is 0.667. The Morgan fingerprint density at radius 2 is 2.04 bits per heavy atom. The number of hydrogen-bond acceptors (Lipinski definition) is 4. The molecule has 6 heteroatoms. The number of piperidine rings is 3. The summed E-state index contributed by atoms with van der Waals surface area (Å²) in [7, 11) is 0. The second-order valence-corrected chi connectivity index (χ2v) is 8.29. The highest BCUT2D eigenvalue weighted by molar-refractivity contribution is 5.94. The minimum atomic E-state index is -0.753. The first-order chi connectivity index (χ1) is 13.1. The summed E-state index contributed by atoms with van der Waals surface area (Å²) < 4.78 is 0. The molecule has 0 bridgehead atoms. The minimum absolute atomic E-state index is 0.0598. The van der Waals surface area contributed by atoms with Crippen molar-refractivity contribution >= 4 is 11.9 Å². The van der Waals surface area contributed by atoms with Gasteiger partial charge in [-0.3, -0.25) is 19.5 Å². The fourth-order valence-electron chi connectivity index (χ4n) is 5.72. The van der Waals surface area contributed by atoms with Gasteiger partial charge in [0, 0.05) is 37.4 Å². The first kappa shape index (κ1) is 18.4. The Labute approximate surface area is 160 Å². The van der Waals surface area contributed by atoms with Gasteiger partial charge in [0.15, 0.2) is 0 Å². The summed E-state index contributed by atoms with van der Waals surface area (Å²) in [6, 6.07) is 4.35. The van der Waals surface area contributed by atoms with Crippen molar-refractivity contribution in [3.05, 3.63) is 30.1 Å². The number of nitrogens with zero attached hydrogens (tertiary/aromatic N) is 3. The monoisotopic (exact) mass is 371 g/mol. The van der Waals surface area contributed by atoms with Crippen LogP contribution < -0.4 is 0 Å². The zero-order chi connectivity index (χ0) is 18.8. The molecule has 3 aliphatic heterocycles. The molecular weight excluding hydrogens is 342 g/mol. The van der Waals surface area contributed by atoms with Crippen LogP contribution in [0.3, 0.4) is 0 Å². The van der Waals surface area contributed by atoms with Crippen LogP contribution in [0, 0.1) is 11.8 Å². The van der Waals surface area contributed by atoms with Crippen molar-refractivity contribution in [3.8, 4) is 0 Å². The Balaban J connectivity index is 1.60. The van der Waals surface area contributed by atoms with E-state index in [0.717, 1.165) is 19.4 Å². The van der Waals surface area contributed by atoms with E-state index in [1.54, 1.807) is 12.4 Å². The lowest BCUT2D eigenvalue weighted by Gasteiger charge is -2.57. The molecule has 4 heterocycles. The maximum atomic E-state index is 13.3. The summed E-state index contributed by atoms with van der Waals surface area (Å²) in [5.74, 6) is 0.314. The first-order valence-electron chi connectivity index (χ1n) is 10.3. The van der Waals surface area contributed by atoms with Crippen LogP contribution in [-0.2, 0) is 4.79 Å². The van der Waals surface area contributed by atoms with Gasteiger partial charge in [-0.1, -0.05) is 0 Å². The molecule has 0 saturated carbocycles. The number of rotatable bonds is 5. The molecule has 1 aromatic heterocycles. The molecule has 4 atom stereocenters. The van der Waals surface area contributed by atoms with Gasteiger partial charge in [-0.15, -0.1) is 0 Å². The molecule has 4 rings (SSSR count). The van der Waals surface area contributed by atoms with E-state index < -0.39 is 5.97 Å². The van der Waals surface area contributed by atoms with Gasteiger partial charge in [0.2, 0.25) is 0 Å². The fourth-order valence-corrected chi connectivity index (χ4v) is 5.72. The molecule has 3 fully saturated rings. The molecule has 27 heavy (non-hydrogen) atoms. The normalized spacial score (nSPS) is 30.6. The molecule has 0 aliphatic carbocycles. The van der Waals surface area contributed by atoms with E-state index in [0.29, 0.717) is 29.9 Å². The number of pyridine rings is 1. The number of aliphatic carboxylic acids is 1. The van der Waals surface area contributed by atoms with Gasteiger partial charge >= 0.3 is 5.97 Å². The lowest BCUT2D eigenvalue weighted by atomic mass is 9.69. The maximum absolute atomic E-state index is 13.3. The summed E-state index contributed by atoms with van der Waals surface area (Å²) in [4.78, 5) is 33.2. The number of carbonyl (C=O) groups is 2. The summed E-state index contributed by atoms with van der Waals surface area (Å²) in [6.07, 6.45) is 9.65. The van der Waals surface area contributed by atoms with Gasteiger partial charge < -0.3 is 10.0 Å². The summed E-state index contributed by atoms with van der Waals surface area (Å²) in [6.45, 7) is 3.15. The van der Waals surface area contributed by atoms with Gasteiger partial charge in [-0.25, -0.2) is 0 Å². The lowest BCUT2D eigenvalue weighted by molar-refractivity contribution is -0.137. The van der Waals surface area contributed by atoms with Gasteiger partial charge in [-0.2, -0.15) is 0 Å². The number of aromatic nitrogens is 1. The molecule has 1 aromatic rings. The van der Waals surface area contributed by atoms with E-state index in [4.69, 9.17) is 5.11 Å². The average molecular weight is 371 g/mol. The van der Waals surface area contributed by atoms with Crippen molar-refractivity contribution in [2.45, 2.75) is 57.0 Å². The molecule has 1 N–H and O–H groups in total. The summed E-state index contributed by atoms with van der Waals surface area (Å²) in [5, 5.41) is 9.06. The highest BCUT2D eigenvalue weighted by Gasteiger charge is 2.49. The van der Waals surface area contributed by atoms with Gasteiger partial charge in [0.05, 0.1) is 5.56 Å². The van der Waals surface area contributed by atoms with Crippen LogP contribution in [0.15, 0.2) is 24.5 Å². The Bertz CT molecular complexity index is 679. The number of carbonyl (C=O) groups excluding carboxylic acids is 1. The zero-order valence-electron chi connectivity index (χ0n) is 15.8. The van der Waals surface area contributed by atoms with Crippen LogP contribution in [0.5, 0.6) is 0 Å². The van der Waals surface area contributed by atoms with Crippen LogP contribution >= 0.6 is 0 Å². The van der Waals surface area contributed by atoms with E-state index in [1.807, 2.05) is 12.1 Å². The molecule has 0 spiro atoms. The first-order valence-corrected chi connectivity index (χ1v) is 10.3. The van der Waals surface area contributed by atoms with Crippen molar-refractivity contribution in [1.82, 2.24) is 14.8 Å². The molecule has 6 nitrogen and oxygen atoms in total. The summed E-state index contributed by atoms with van der Waals surface area (Å²) >= 11 is 0. The largest absolute Gasteiger partial charge is 0.481 e. The van der Waals surface area contributed by atoms with E-state index in [1.165, 1.54) is 32.4 Å². The Kier molecular flexibility index (Phi) is 5.43. The van der Waals surface area contributed by atoms with Crippen LogP contribution in [-0.4, -0.2) is 63.5 Å². The van der Waals surface area contributed by atoms with Gasteiger partial charge in [0.1, 0.15) is 0 Å². The van der Waals surface area contributed by atoms with Crippen LogP contribution in [0.25, 0.3) is 0 Å². The number of hydrogen-bond donors (Lipinski definition) is 1. The van der Waals surface area contributed by atoms with E-state index in [-0.39, 0.29) is 18.4 Å². The third-order valence-corrected chi connectivity index (χ3v) is 6.73. The third-order valence-electron chi connectivity index (χ3n) is 6.73. The minimum Gasteiger partial charge on any atom is -0.481 e. The molecule has 3 saturated heterocycles. The second kappa shape index (κ2) is 7.97. The van der Waals surface area contributed by atoms with Crippen molar-refractivity contribution in [1.29, 1.82) is 0 Å². The van der Waals surface area contributed by atoms with Crippen LogP contribution in [0.1, 0.15) is 55.3 Å². The third kappa shape index (κ3) is 3.72. The van der Waals surface area contributed by atoms with Crippen molar-refractivity contribution in [2.24, 2.45) is 11.8 Å². The van der Waals surface area contributed by atoms with E-state index in [2.05, 4.69) is 14.8 Å². The number of carboxylic acids is 1. The summed E-state index contributed by atoms with van der Waals surface area (Å²) in [5.41, 5.74) is 0.641. The second-order valence-electron chi connectivity index (χ2n) is 8.29. The Morgan fingerprint density at radius 3 is 2.78 bits per heavy atom. The standard InChI is InChI=1S/C21H29N3O3/c25-19(26)9-1-8-18-17-7-4-12-23-11-3-6-16(20(17)23)14-24(18)21(27)15-5-2-10-22-13-15/h2,5,10,13,16-18,20H,1,3-4,6-9,11-12,14H2,(H,25,26). The smallest absolute Gasteiger partial charge is 0.303 e. The van der Waals surface area contributed by atoms with Crippen molar-refractivity contribution in [2.75, 3.05) is 19.6 Å². The van der Waals surface area contributed by atoms with Crippen molar-refractivity contribution < 1.29 is 14.7 Å². The molecule has 0 aromatic carbocycles.